The number of hydrazine groups is 1. The summed E-state index contributed by atoms with van der Waals surface area (Å²) in [6.07, 6.45) is 0. The predicted molar refractivity (Wildman–Crippen MR) is 81.7 cm³/mol. The first-order valence-corrected chi connectivity index (χ1v) is 7.23. The molecule has 0 aliphatic carbocycles. The number of hydrogen-bond donors (Lipinski definition) is 1. The van der Waals surface area contributed by atoms with E-state index in [0.29, 0.717) is 6.54 Å². The topological polar surface area (TPSA) is 55.9 Å². The highest BCUT2D eigenvalue weighted by Gasteiger charge is 2.24. The van der Waals surface area contributed by atoms with Crippen LogP contribution in [0.2, 0.25) is 0 Å². The SMILES string of the molecule is CCN(C(=O)C(=O)NN1CCN(C)CC1)c1ccccc1. The quantitative estimate of drug-likeness (QED) is 0.815. The number of benzene rings is 1. The zero-order valence-electron chi connectivity index (χ0n) is 12.6. The van der Waals surface area contributed by atoms with Crippen molar-refractivity contribution in [3.05, 3.63) is 30.3 Å². The van der Waals surface area contributed by atoms with Crippen molar-refractivity contribution in [3.8, 4) is 0 Å². The van der Waals surface area contributed by atoms with E-state index in [2.05, 4.69) is 10.3 Å². The van der Waals surface area contributed by atoms with Gasteiger partial charge in [0.25, 0.3) is 0 Å². The normalized spacial score (nSPS) is 16.5. The van der Waals surface area contributed by atoms with Crippen LogP contribution in [0.5, 0.6) is 0 Å². The number of likely N-dealkylation sites (N-methyl/N-ethyl adjacent to an activating group) is 2. The summed E-state index contributed by atoms with van der Waals surface area (Å²) in [5, 5.41) is 1.80. The van der Waals surface area contributed by atoms with Crippen molar-refractivity contribution < 1.29 is 9.59 Å². The van der Waals surface area contributed by atoms with E-state index in [0.717, 1.165) is 31.9 Å². The second kappa shape index (κ2) is 7.19. The summed E-state index contributed by atoms with van der Waals surface area (Å²) in [5.74, 6) is -1.10. The largest absolute Gasteiger partial charge is 0.324 e. The molecule has 1 aromatic rings. The van der Waals surface area contributed by atoms with Crippen LogP contribution in [0.1, 0.15) is 6.92 Å². The Kier molecular flexibility index (Phi) is 5.30. The molecule has 1 N–H and O–H groups in total. The molecule has 0 atom stereocenters. The van der Waals surface area contributed by atoms with Crippen LogP contribution in [-0.4, -0.2) is 61.5 Å². The zero-order chi connectivity index (χ0) is 15.2. The van der Waals surface area contributed by atoms with E-state index in [4.69, 9.17) is 0 Å². The first kappa shape index (κ1) is 15.5. The number of hydrogen-bond acceptors (Lipinski definition) is 4. The van der Waals surface area contributed by atoms with Crippen LogP contribution in [-0.2, 0) is 9.59 Å². The van der Waals surface area contributed by atoms with Crippen molar-refractivity contribution in [1.29, 1.82) is 0 Å². The lowest BCUT2D eigenvalue weighted by Crippen LogP contribution is -2.55. The number of anilines is 1. The Hall–Kier alpha value is -1.92. The molecule has 0 radical (unpaired) electrons. The van der Waals surface area contributed by atoms with Crippen LogP contribution in [0, 0.1) is 0 Å². The third-order valence-corrected chi connectivity index (χ3v) is 3.59. The first-order valence-electron chi connectivity index (χ1n) is 7.23. The van der Waals surface area contributed by atoms with Crippen molar-refractivity contribution >= 4 is 17.5 Å². The maximum atomic E-state index is 12.3. The van der Waals surface area contributed by atoms with Crippen molar-refractivity contribution in [3.63, 3.8) is 0 Å². The van der Waals surface area contributed by atoms with Crippen LogP contribution < -0.4 is 10.3 Å². The van der Waals surface area contributed by atoms with Crippen LogP contribution >= 0.6 is 0 Å². The molecular formula is C15H22N4O2. The van der Waals surface area contributed by atoms with Crippen LogP contribution in [0.3, 0.4) is 0 Å². The minimum atomic E-state index is -0.578. The van der Waals surface area contributed by atoms with E-state index in [9.17, 15) is 9.59 Å². The average molecular weight is 290 g/mol. The molecule has 114 valence electrons. The highest BCUT2D eigenvalue weighted by atomic mass is 16.2. The van der Waals surface area contributed by atoms with Gasteiger partial charge < -0.3 is 9.80 Å². The van der Waals surface area contributed by atoms with E-state index >= 15 is 0 Å². The fourth-order valence-electron chi connectivity index (χ4n) is 2.28. The molecule has 0 spiro atoms. The van der Waals surface area contributed by atoms with Gasteiger partial charge in [-0.05, 0) is 26.1 Å². The van der Waals surface area contributed by atoms with Crippen molar-refractivity contribution in [2.45, 2.75) is 6.92 Å². The molecule has 2 amide bonds. The van der Waals surface area contributed by atoms with Crippen LogP contribution in [0.4, 0.5) is 5.69 Å². The highest BCUT2D eigenvalue weighted by molar-refractivity contribution is 6.40. The molecule has 1 aliphatic rings. The van der Waals surface area contributed by atoms with Gasteiger partial charge in [0.15, 0.2) is 0 Å². The monoisotopic (exact) mass is 290 g/mol. The third kappa shape index (κ3) is 4.03. The molecule has 0 bridgehead atoms. The summed E-state index contributed by atoms with van der Waals surface area (Å²) >= 11 is 0. The van der Waals surface area contributed by atoms with Gasteiger partial charge in [-0.1, -0.05) is 18.2 Å². The molecule has 21 heavy (non-hydrogen) atoms. The molecular weight excluding hydrogens is 268 g/mol. The van der Waals surface area contributed by atoms with E-state index in [1.165, 1.54) is 4.90 Å². The summed E-state index contributed by atoms with van der Waals surface area (Å²) in [6.45, 7) is 5.53. The second-order valence-corrected chi connectivity index (χ2v) is 5.12. The lowest BCUT2D eigenvalue weighted by Gasteiger charge is -2.32. The number of piperazine rings is 1. The van der Waals surface area contributed by atoms with Gasteiger partial charge in [0, 0.05) is 38.4 Å². The minimum Gasteiger partial charge on any atom is -0.304 e. The highest BCUT2D eigenvalue weighted by Crippen LogP contribution is 2.13. The van der Waals surface area contributed by atoms with E-state index in [1.54, 1.807) is 5.01 Å². The average Bonchev–Trinajstić information content (AvgIpc) is 2.51. The lowest BCUT2D eigenvalue weighted by atomic mass is 10.3. The van der Waals surface area contributed by atoms with Gasteiger partial charge in [-0.15, -0.1) is 0 Å². The number of nitrogens with zero attached hydrogens (tertiary/aromatic N) is 3. The molecule has 0 saturated carbocycles. The van der Waals surface area contributed by atoms with E-state index < -0.39 is 11.8 Å². The number of amides is 2. The van der Waals surface area contributed by atoms with Gasteiger partial charge in [0.2, 0.25) is 0 Å². The van der Waals surface area contributed by atoms with Crippen molar-refractivity contribution in [1.82, 2.24) is 15.3 Å². The number of para-hydroxylation sites is 1. The molecule has 6 heteroatoms. The summed E-state index contributed by atoms with van der Waals surface area (Å²) in [4.78, 5) is 28.1. The molecule has 1 aromatic carbocycles. The van der Waals surface area contributed by atoms with Crippen molar-refractivity contribution in [2.24, 2.45) is 0 Å². The number of carbonyl (C=O) groups excluding carboxylic acids is 2. The summed E-state index contributed by atoms with van der Waals surface area (Å²) < 4.78 is 0. The number of nitrogens with one attached hydrogen (secondary N) is 1. The molecule has 1 fully saturated rings. The molecule has 6 nitrogen and oxygen atoms in total. The van der Waals surface area contributed by atoms with Gasteiger partial charge in [0.05, 0.1) is 0 Å². The van der Waals surface area contributed by atoms with Gasteiger partial charge in [-0.25, -0.2) is 5.01 Å². The van der Waals surface area contributed by atoms with Crippen molar-refractivity contribution in [2.75, 3.05) is 44.7 Å². The van der Waals surface area contributed by atoms with Crippen LogP contribution in [0.25, 0.3) is 0 Å². The number of carbonyl (C=O) groups is 2. The van der Waals surface area contributed by atoms with Gasteiger partial charge in [0.1, 0.15) is 0 Å². The van der Waals surface area contributed by atoms with E-state index in [-0.39, 0.29) is 0 Å². The molecule has 1 saturated heterocycles. The van der Waals surface area contributed by atoms with Crippen LogP contribution in [0.15, 0.2) is 30.3 Å². The molecule has 1 heterocycles. The maximum absolute atomic E-state index is 12.3. The molecule has 0 aromatic heterocycles. The third-order valence-electron chi connectivity index (χ3n) is 3.59. The predicted octanol–water partition coefficient (Wildman–Crippen LogP) is 0.318. The molecule has 2 rings (SSSR count). The smallest absolute Gasteiger partial charge is 0.304 e. The van der Waals surface area contributed by atoms with E-state index in [1.807, 2.05) is 44.3 Å². The second-order valence-electron chi connectivity index (χ2n) is 5.12. The maximum Gasteiger partial charge on any atom is 0.324 e. The van der Waals surface area contributed by atoms with Gasteiger partial charge in [-0.2, -0.15) is 0 Å². The van der Waals surface area contributed by atoms with Gasteiger partial charge in [-0.3, -0.25) is 15.0 Å². The number of rotatable bonds is 3. The Balaban J connectivity index is 1.96. The molecule has 0 unspecified atom stereocenters. The Morgan fingerprint density at radius 1 is 1.14 bits per heavy atom. The minimum absolute atomic E-state index is 0.457. The fraction of sp³-hybridized carbons (Fsp3) is 0.467. The fourth-order valence-corrected chi connectivity index (χ4v) is 2.28. The summed E-state index contributed by atoms with van der Waals surface area (Å²) in [7, 11) is 2.04. The first-order chi connectivity index (χ1) is 10.1. The Bertz CT molecular complexity index is 484. The summed E-state index contributed by atoms with van der Waals surface area (Å²) in [5.41, 5.74) is 3.44. The van der Waals surface area contributed by atoms with Gasteiger partial charge >= 0.3 is 11.8 Å². The standard InChI is InChI=1S/C15H22N4O2/c1-3-19(13-7-5-4-6-8-13)15(21)14(20)16-18-11-9-17(2)10-12-18/h4-8H,3,9-12H2,1-2H3,(H,16,20). The Morgan fingerprint density at radius 2 is 1.76 bits per heavy atom. The molecule has 1 aliphatic heterocycles. The lowest BCUT2D eigenvalue weighted by molar-refractivity contribution is -0.141. The zero-order valence-corrected chi connectivity index (χ0v) is 12.6. The Labute approximate surface area is 125 Å². The Morgan fingerprint density at radius 3 is 2.33 bits per heavy atom. The summed E-state index contributed by atoms with van der Waals surface area (Å²) in [6, 6.07) is 9.23.